The highest BCUT2D eigenvalue weighted by atomic mass is 16.4. The van der Waals surface area contributed by atoms with E-state index in [-0.39, 0.29) is 11.6 Å². The molecule has 1 N–H and O–H groups in total. The maximum Gasteiger partial charge on any atom is 0.354 e. The summed E-state index contributed by atoms with van der Waals surface area (Å²) in [4.78, 5) is 30.3. The number of carbonyl (C=O) groups is 2. The topological polar surface area (TPSA) is 73.7 Å². The van der Waals surface area contributed by atoms with Crippen molar-refractivity contribution in [1.82, 2.24) is 9.88 Å². The molecule has 1 spiro atoms. The molecular weight excluding hydrogens is 270 g/mol. The summed E-state index contributed by atoms with van der Waals surface area (Å²) in [6.07, 6.45) is 3.60. The normalized spacial score (nSPS) is 20.2. The monoisotopic (exact) mass is 289 g/mol. The summed E-state index contributed by atoms with van der Waals surface area (Å²) in [6, 6.07) is 3.48. The maximum atomic E-state index is 11.4. The average Bonchev–Trinajstić information content (AvgIpc) is 2.45. The number of pyridine rings is 1. The van der Waals surface area contributed by atoms with Crippen molar-refractivity contribution in [3.05, 3.63) is 24.0 Å². The molecule has 1 aromatic rings. The van der Waals surface area contributed by atoms with E-state index in [0.29, 0.717) is 5.41 Å². The van der Waals surface area contributed by atoms with Crippen LogP contribution in [0.3, 0.4) is 0 Å². The van der Waals surface area contributed by atoms with Gasteiger partial charge in [-0.1, -0.05) is 0 Å². The Balaban J connectivity index is 1.62. The van der Waals surface area contributed by atoms with Crippen molar-refractivity contribution >= 4 is 17.6 Å². The van der Waals surface area contributed by atoms with Crippen LogP contribution in [0, 0.1) is 5.41 Å². The smallest absolute Gasteiger partial charge is 0.354 e. The molecule has 0 aliphatic carbocycles. The van der Waals surface area contributed by atoms with Crippen LogP contribution in [0.5, 0.6) is 0 Å². The Morgan fingerprint density at radius 1 is 1.29 bits per heavy atom. The van der Waals surface area contributed by atoms with Crippen LogP contribution in [0.25, 0.3) is 0 Å². The zero-order valence-electron chi connectivity index (χ0n) is 12.1. The number of rotatable bonds is 2. The highest BCUT2D eigenvalue weighted by Crippen LogP contribution is 2.42. The molecule has 6 heteroatoms. The fourth-order valence-corrected chi connectivity index (χ4v) is 3.29. The van der Waals surface area contributed by atoms with Crippen molar-refractivity contribution < 1.29 is 14.7 Å². The van der Waals surface area contributed by atoms with Crippen LogP contribution in [0.1, 0.15) is 30.3 Å². The second kappa shape index (κ2) is 5.02. The summed E-state index contributed by atoms with van der Waals surface area (Å²) in [7, 11) is 0. The van der Waals surface area contributed by atoms with Crippen LogP contribution in [-0.4, -0.2) is 53.0 Å². The summed E-state index contributed by atoms with van der Waals surface area (Å²) in [6.45, 7) is 5.15. The Hall–Kier alpha value is -2.11. The van der Waals surface area contributed by atoms with Gasteiger partial charge in [0.15, 0.2) is 0 Å². The van der Waals surface area contributed by atoms with Crippen LogP contribution >= 0.6 is 0 Å². The molecule has 1 aromatic heterocycles. The number of carboxylic acid groups (broad SMARTS) is 1. The lowest BCUT2D eigenvalue weighted by Crippen LogP contribution is -2.60. The number of hydrogen-bond acceptors (Lipinski definition) is 4. The van der Waals surface area contributed by atoms with Crippen LogP contribution in [0.2, 0.25) is 0 Å². The number of amides is 1. The molecule has 0 radical (unpaired) electrons. The number of nitrogens with zero attached hydrogens (tertiary/aromatic N) is 3. The van der Waals surface area contributed by atoms with E-state index in [0.717, 1.165) is 44.7 Å². The number of aromatic carboxylic acids is 1. The number of hydrogen-bond donors (Lipinski definition) is 1. The van der Waals surface area contributed by atoms with Gasteiger partial charge in [0.2, 0.25) is 5.91 Å². The first-order chi connectivity index (χ1) is 9.99. The summed E-state index contributed by atoms with van der Waals surface area (Å²) in [5.74, 6) is -0.844. The van der Waals surface area contributed by atoms with Crippen molar-refractivity contribution in [3.63, 3.8) is 0 Å². The van der Waals surface area contributed by atoms with Gasteiger partial charge in [-0.2, -0.15) is 0 Å². The second-order valence-electron chi connectivity index (χ2n) is 6.07. The van der Waals surface area contributed by atoms with Gasteiger partial charge < -0.3 is 14.9 Å². The molecule has 0 unspecified atom stereocenters. The number of piperidine rings is 1. The first-order valence-electron chi connectivity index (χ1n) is 7.19. The maximum absolute atomic E-state index is 11.4. The van der Waals surface area contributed by atoms with Gasteiger partial charge >= 0.3 is 5.97 Å². The molecule has 21 heavy (non-hydrogen) atoms. The summed E-state index contributed by atoms with van der Waals surface area (Å²) in [5.41, 5.74) is 1.29. The lowest BCUT2D eigenvalue weighted by molar-refractivity contribution is -0.131. The zero-order chi connectivity index (χ0) is 15.0. The Morgan fingerprint density at radius 3 is 2.52 bits per heavy atom. The molecule has 1 amide bonds. The van der Waals surface area contributed by atoms with Gasteiger partial charge in [0.25, 0.3) is 0 Å². The predicted octanol–water partition coefficient (Wildman–Crippen LogP) is 1.23. The Labute approximate surface area is 123 Å². The molecule has 112 valence electrons. The van der Waals surface area contributed by atoms with Crippen LogP contribution in [0.4, 0.5) is 5.69 Å². The molecule has 2 saturated heterocycles. The van der Waals surface area contributed by atoms with E-state index in [1.165, 1.54) is 0 Å². The highest BCUT2D eigenvalue weighted by molar-refractivity contribution is 5.86. The van der Waals surface area contributed by atoms with E-state index in [9.17, 15) is 9.59 Å². The summed E-state index contributed by atoms with van der Waals surface area (Å²) < 4.78 is 0. The fourth-order valence-electron chi connectivity index (χ4n) is 3.29. The van der Waals surface area contributed by atoms with Crippen LogP contribution in [-0.2, 0) is 4.79 Å². The average molecular weight is 289 g/mol. The lowest BCUT2D eigenvalue weighted by Gasteiger charge is -2.55. The third kappa shape index (κ3) is 2.57. The molecule has 3 heterocycles. The third-order valence-corrected chi connectivity index (χ3v) is 4.65. The van der Waals surface area contributed by atoms with Gasteiger partial charge in [-0.15, -0.1) is 0 Å². The van der Waals surface area contributed by atoms with Crippen molar-refractivity contribution in [3.8, 4) is 0 Å². The van der Waals surface area contributed by atoms with Gasteiger partial charge in [-0.3, -0.25) is 4.79 Å². The minimum absolute atomic E-state index is 0.0832. The van der Waals surface area contributed by atoms with Gasteiger partial charge in [0.1, 0.15) is 5.69 Å². The van der Waals surface area contributed by atoms with Crippen LogP contribution < -0.4 is 4.90 Å². The first kappa shape index (κ1) is 13.9. The fraction of sp³-hybridized carbons (Fsp3) is 0.533. The minimum Gasteiger partial charge on any atom is -0.477 e. The third-order valence-electron chi connectivity index (χ3n) is 4.65. The van der Waals surface area contributed by atoms with E-state index in [1.807, 2.05) is 11.0 Å². The summed E-state index contributed by atoms with van der Waals surface area (Å²) in [5, 5.41) is 8.99. The lowest BCUT2D eigenvalue weighted by atomic mass is 9.71. The van der Waals surface area contributed by atoms with Crippen molar-refractivity contribution in [2.45, 2.75) is 19.8 Å². The van der Waals surface area contributed by atoms with Gasteiger partial charge in [-0.25, -0.2) is 9.78 Å². The molecule has 2 aliphatic heterocycles. The predicted molar refractivity (Wildman–Crippen MR) is 77.3 cm³/mol. The molecular formula is C15H19N3O3. The Bertz CT molecular complexity index is 571. The Kier molecular flexibility index (Phi) is 3.31. The SMILES string of the molecule is CC(=O)N1CCC2(CC1)CN(c1ccnc(C(=O)O)c1)C2. The van der Waals surface area contributed by atoms with E-state index in [1.54, 1.807) is 19.2 Å². The first-order valence-corrected chi connectivity index (χ1v) is 7.19. The van der Waals surface area contributed by atoms with E-state index in [4.69, 9.17) is 5.11 Å². The molecule has 0 bridgehead atoms. The minimum atomic E-state index is -0.998. The van der Waals surface area contributed by atoms with Crippen LogP contribution in [0.15, 0.2) is 18.3 Å². The molecule has 6 nitrogen and oxygen atoms in total. The number of carboxylic acids is 1. The summed E-state index contributed by atoms with van der Waals surface area (Å²) >= 11 is 0. The second-order valence-corrected chi connectivity index (χ2v) is 6.07. The number of carbonyl (C=O) groups excluding carboxylic acids is 1. The van der Waals surface area contributed by atoms with Gasteiger partial charge in [0, 0.05) is 50.4 Å². The zero-order valence-corrected chi connectivity index (χ0v) is 12.1. The molecule has 3 rings (SSSR count). The largest absolute Gasteiger partial charge is 0.477 e. The molecule has 0 aromatic carbocycles. The molecule has 0 saturated carbocycles. The number of likely N-dealkylation sites (tertiary alicyclic amines) is 1. The van der Waals surface area contributed by atoms with Crippen molar-refractivity contribution in [1.29, 1.82) is 0 Å². The molecule has 2 aliphatic rings. The number of aromatic nitrogens is 1. The molecule has 0 atom stereocenters. The molecule has 2 fully saturated rings. The van der Waals surface area contributed by atoms with Crippen molar-refractivity contribution in [2.75, 3.05) is 31.1 Å². The highest BCUT2D eigenvalue weighted by Gasteiger charge is 2.45. The van der Waals surface area contributed by atoms with E-state index < -0.39 is 5.97 Å². The van der Waals surface area contributed by atoms with E-state index >= 15 is 0 Å². The quantitative estimate of drug-likeness (QED) is 0.886. The Morgan fingerprint density at radius 2 is 1.95 bits per heavy atom. The van der Waals surface area contributed by atoms with Gasteiger partial charge in [0.05, 0.1) is 0 Å². The van der Waals surface area contributed by atoms with Crippen molar-refractivity contribution in [2.24, 2.45) is 5.41 Å². The van der Waals surface area contributed by atoms with E-state index in [2.05, 4.69) is 9.88 Å². The van der Waals surface area contributed by atoms with Gasteiger partial charge in [-0.05, 0) is 25.0 Å². The standard InChI is InChI=1S/C15H19N3O3/c1-11(19)17-6-3-15(4-7-17)9-18(10-15)12-2-5-16-13(8-12)14(20)21/h2,5,8H,3-4,6-7,9-10H2,1H3,(H,20,21). The number of anilines is 1.